The van der Waals surface area contributed by atoms with Crippen LogP contribution >= 0.6 is 0 Å². The Morgan fingerprint density at radius 2 is 2.35 bits per heavy atom. The van der Waals surface area contributed by atoms with Crippen molar-refractivity contribution in [1.82, 2.24) is 15.1 Å². The number of carbonyl (C=O) groups excluding carboxylic acids is 1. The van der Waals surface area contributed by atoms with Gasteiger partial charge in [0.05, 0.1) is 17.4 Å². The molecule has 0 spiro atoms. The highest BCUT2D eigenvalue weighted by molar-refractivity contribution is 6.04. The fourth-order valence-electron chi connectivity index (χ4n) is 2.36. The number of aryl methyl sites for hydroxylation is 1. The summed E-state index contributed by atoms with van der Waals surface area (Å²) in [5.74, 6) is -0.688. The van der Waals surface area contributed by atoms with E-state index in [1.165, 1.54) is 10.9 Å². The normalized spacial score (nSPS) is 13.9. The summed E-state index contributed by atoms with van der Waals surface area (Å²) in [4.78, 5) is 12.0. The zero-order valence-corrected chi connectivity index (χ0v) is 11.1. The average molecular weight is 274 g/mol. The van der Waals surface area contributed by atoms with E-state index in [0.717, 1.165) is 12.1 Å². The van der Waals surface area contributed by atoms with E-state index in [9.17, 15) is 9.18 Å². The summed E-state index contributed by atoms with van der Waals surface area (Å²) < 4.78 is 15.9. The Labute approximate surface area is 115 Å². The molecule has 0 atom stereocenters. The third-order valence-electron chi connectivity index (χ3n) is 3.42. The van der Waals surface area contributed by atoms with Gasteiger partial charge in [0, 0.05) is 19.8 Å². The van der Waals surface area contributed by atoms with E-state index in [1.807, 2.05) is 6.07 Å². The van der Waals surface area contributed by atoms with E-state index in [1.54, 1.807) is 19.3 Å². The third kappa shape index (κ3) is 2.30. The zero-order valence-electron chi connectivity index (χ0n) is 11.1. The Morgan fingerprint density at radius 3 is 3.10 bits per heavy atom. The molecular formula is C14H15FN4O. The van der Waals surface area contributed by atoms with Crippen molar-refractivity contribution < 1.29 is 9.18 Å². The number of halogens is 1. The van der Waals surface area contributed by atoms with Gasteiger partial charge in [0.1, 0.15) is 5.82 Å². The number of nitrogens with one attached hydrogen (secondary N) is 2. The van der Waals surface area contributed by atoms with Crippen LogP contribution < -0.4 is 10.6 Å². The topological polar surface area (TPSA) is 59.0 Å². The SMILES string of the molecule is Cn1cc(C(=O)Nc2ccc3c(c2F)CCNC3)cn1. The van der Waals surface area contributed by atoms with Gasteiger partial charge in [-0.3, -0.25) is 9.48 Å². The predicted molar refractivity (Wildman–Crippen MR) is 73.0 cm³/mol. The van der Waals surface area contributed by atoms with Crippen LogP contribution in [0.5, 0.6) is 0 Å². The van der Waals surface area contributed by atoms with Crippen molar-refractivity contribution in [2.45, 2.75) is 13.0 Å². The molecule has 5 nitrogen and oxygen atoms in total. The number of rotatable bonds is 2. The molecule has 1 aliphatic rings. The van der Waals surface area contributed by atoms with Crippen LogP contribution in [-0.4, -0.2) is 22.2 Å². The predicted octanol–water partition coefficient (Wildman–Crippen LogP) is 1.46. The number of aromatic nitrogens is 2. The summed E-state index contributed by atoms with van der Waals surface area (Å²) in [7, 11) is 1.73. The molecule has 2 heterocycles. The van der Waals surface area contributed by atoms with Gasteiger partial charge in [0.2, 0.25) is 0 Å². The lowest BCUT2D eigenvalue weighted by molar-refractivity contribution is 0.102. The number of hydrogen-bond donors (Lipinski definition) is 2. The average Bonchev–Trinajstić information content (AvgIpc) is 2.89. The minimum absolute atomic E-state index is 0.222. The fraction of sp³-hybridized carbons (Fsp3) is 0.286. The molecule has 104 valence electrons. The highest BCUT2D eigenvalue weighted by Gasteiger charge is 2.18. The maximum absolute atomic E-state index is 14.4. The molecule has 1 aromatic heterocycles. The molecule has 0 radical (unpaired) electrons. The first-order chi connectivity index (χ1) is 9.65. The first-order valence-electron chi connectivity index (χ1n) is 6.46. The van der Waals surface area contributed by atoms with Crippen molar-refractivity contribution in [2.75, 3.05) is 11.9 Å². The Hall–Kier alpha value is -2.21. The highest BCUT2D eigenvalue weighted by atomic mass is 19.1. The lowest BCUT2D eigenvalue weighted by atomic mass is 9.99. The molecular weight excluding hydrogens is 259 g/mol. The molecule has 0 aliphatic carbocycles. The van der Waals surface area contributed by atoms with Gasteiger partial charge in [-0.1, -0.05) is 6.07 Å². The van der Waals surface area contributed by atoms with E-state index in [0.29, 0.717) is 24.1 Å². The van der Waals surface area contributed by atoms with E-state index >= 15 is 0 Å². The van der Waals surface area contributed by atoms with Crippen LogP contribution in [0.3, 0.4) is 0 Å². The minimum atomic E-state index is -0.356. The Balaban J connectivity index is 1.86. The molecule has 1 amide bonds. The summed E-state index contributed by atoms with van der Waals surface area (Å²) in [6.07, 6.45) is 3.68. The number of hydrogen-bond acceptors (Lipinski definition) is 3. The van der Waals surface area contributed by atoms with Crippen LogP contribution in [0.4, 0.5) is 10.1 Å². The molecule has 20 heavy (non-hydrogen) atoms. The van der Waals surface area contributed by atoms with Crippen molar-refractivity contribution >= 4 is 11.6 Å². The van der Waals surface area contributed by atoms with Gasteiger partial charge in [0.25, 0.3) is 5.91 Å². The maximum atomic E-state index is 14.4. The van der Waals surface area contributed by atoms with Gasteiger partial charge in [-0.2, -0.15) is 5.10 Å². The van der Waals surface area contributed by atoms with Crippen LogP contribution in [0.15, 0.2) is 24.5 Å². The number of amides is 1. The van der Waals surface area contributed by atoms with Crippen LogP contribution in [0.1, 0.15) is 21.5 Å². The summed E-state index contributed by atoms with van der Waals surface area (Å²) >= 11 is 0. The van der Waals surface area contributed by atoms with Crippen molar-refractivity contribution in [3.05, 3.63) is 47.0 Å². The third-order valence-corrected chi connectivity index (χ3v) is 3.42. The molecule has 0 fully saturated rings. The molecule has 0 unspecified atom stereocenters. The molecule has 3 rings (SSSR count). The number of nitrogens with zero attached hydrogens (tertiary/aromatic N) is 2. The summed E-state index contributed by atoms with van der Waals surface area (Å²) in [6.45, 7) is 1.42. The van der Waals surface area contributed by atoms with Crippen LogP contribution in [-0.2, 0) is 20.0 Å². The van der Waals surface area contributed by atoms with Crippen LogP contribution in [0.2, 0.25) is 0 Å². The molecule has 6 heteroatoms. The standard InChI is InChI=1S/C14H15FN4O/c1-19-8-10(7-17-19)14(20)18-12-3-2-9-6-16-5-4-11(9)13(12)15/h2-3,7-8,16H,4-6H2,1H3,(H,18,20). The lowest BCUT2D eigenvalue weighted by Crippen LogP contribution is -2.25. The maximum Gasteiger partial charge on any atom is 0.258 e. The largest absolute Gasteiger partial charge is 0.319 e. The van der Waals surface area contributed by atoms with E-state index in [2.05, 4.69) is 15.7 Å². The van der Waals surface area contributed by atoms with Gasteiger partial charge in [0.15, 0.2) is 0 Å². The van der Waals surface area contributed by atoms with Gasteiger partial charge in [-0.05, 0) is 30.2 Å². The Kier molecular flexibility index (Phi) is 3.23. The first-order valence-corrected chi connectivity index (χ1v) is 6.46. The van der Waals surface area contributed by atoms with Gasteiger partial charge < -0.3 is 10.6 Å². The molecule has 0 saturated heterocycles. The fourth-order valence-corrected chi connectivity index (χ4v) is 2.36. The van der Waals surface area contributed by atoms with Gasteiger partial charge in [-0.15, -0.1) is 0 Å². The first kappa shape index (κ1) is 12.8. The lowest BCUT2D eigenvalue weighted by Gasteiger charge is -2.19. The second-order valence-electron chi connectivity index (χ2n) is 4.85. The molecule has 2 aromatic rings. The van der Waals surface area contributed by atoms with E-state index in [-0.39, 0.29) is 17.4 Å². The highest BCUT2D eigenvalue weighted by Crippen LogP contribution is 2.24. The van der Waals surface area contributed by atoms with Crippen molar-refractivity contribution in [2.24, 2.45) is 7.05 Å². The molecule has 1 aliphatic heterocycles. The van der Waals surface area contributed by atoms with Gasteiger partial charge >= 0.3 is 0 Å². The minimum Gasteiger partial charge on any atom is -0.319 e. The number of benzene rings is 1. The molecule has 2 N–H and O–H groups in total. The summed E-state index contributed by atoms with van der Waals surface area (Å²) in [5, 5.41) is 9.72. The van der Waals surface area contributed by atoms with E-state index < -0.39 is 0 Å². The van der Waals surface area contributed by atoms with Crippen LogP contribution in [0, 0.1) is 5.82 Å². The monoisotopic (exact) mass is 274 g/mol. The van der Waals surface area contributed by atoms with Crippen molar-refractivity contribution in [1.29, 1.82) is 0 Å². The molecule has 0 bridgehead atoms. The number of carbonyl (C=O) groups is 1. The Bertz CT molecular complexity index is 665. The zero-order chi connectivity index (χ0) is 14.1. The summed E-state index contributed by atoms with van der Waals surface area (Å²) in [5.41, 5.74) is 2.27. The Morgan fingerprint density at radius 1 is 1.50 bits per heavy atom. The second-order valence-corrected chi connectivity index (χ2v) is 4.85. The number of anilines is 1. The quantitative estimate of drug-likeness (QED) is 0.871. The van der Waals surface area contributed by atoms with Crippen LogP contribution in [0.25, 0.3) is 0 Å². The smallest absolute Gasteiger partial charge is 0.258 e. The molecule has 1 aromatic carbocycles. The summed E-state index contributed by atoms with van der Waals surface area (Å²) in [6, 6.07) is 3.46. The van der Waals surface area contributed by atoms with Crippen molar-refractivity contribution in [3.8, 4) is 0 Å². The van der Waals surface area contributed by atoms with E-state index in [4.69, 9.17) is 0 Å². The number of fused-ring (bicyclic) bond motifs is 1. The van der Waals surface area contributed by atoms with Crippen molar-refractivity contribution in [3.63, 3.8) is 0 Å². The second kappa shape index (κ2) is 5.05. The van der Waals surface area contributed by atoms with Gasteiger partial charge in [-0.25, -0.2) is 4.39 Å². The molecule has 0 saturated carbocycles.